The van der Waals surface area contributed by atoms with Crippen LogP contribution in [-0.4, -0.2) is 38.5 Å². The first-order valence-corrected chi connectivity index (χ1v) is 12.6. The number of hydrogen-bond acceptors (Lipinski definition) is 7. The van der Waals surface area contributed by atoms with Gasteiger partial charge in [-0.05, 0) is 57.1 Å². The molecule has 0 bridgehead atoms. The van der Waals surface area contributed by atoms with Crippen molar-refractivity contribution < 1.29 is 4.79 Å². The second-order valence-electron chi connectivity index (χ2n) is 8.96. The van der Waals surface area contributed by atoms with Crippen molar-refractivity contribution in [2.45, 2.75) is 63.3 Å². The molecule has 0 spiro atoms. The third-order valence-electron chi connectivity index (χ3n) is 6.64. The molecule has 6 rings (SSSR count). The van der Waals surface area contributed by atoms with Gasteiger partial charge in [-0.3, -0.25) is 9.89 Å². The average Bonchev–Trinajstić information content (AvgIpc) is 3.20. The fraction of sp³-hybridized carbons (Fsp3) is 0.478. The number of aryl methyl sites for hydroxylation is 1. The number of nitrogens with zero attached hydrogens (tertiary/aromatic N) is 4. The molecule has 4 heterocycles. The zero-order valence-corrected chi connectivity index (χ0v) is 19.3. The molecule has 32 heavy (non-hydrogen) atoms. The van der Waals surface area contributed by atoms with Crippen molar-refractivity contribution in [2.24, 2.45) is 0 Å². The number of thiophene rings is 1. The van der Waals surface area contributed by atoms with E-state index >= 15 is 0 Å². The number of carbonyl (C=O) groups excluding carboxylic acids is 1. The smallest absolute Gasteiger partial charge is 0.228 e. The van der Waals surface area contributed by atoms with Gasteiger partial charge < -0.3 is 10.2 Å². The fourth-order valence-electron chi connectivity index (χ4n) is 4.85. The summed E-state index contributed by atoms with van der Waals surface area (Å²) in [7, 11) is 0. The molecule has 3 aromatic heterocycles. The summed E-state index contributed by atoms with van der Waals surface area (Å²) in [5.74, 6) is 3.13. The van der Waals surface area contributed by atoms with Crippen LogP contribution >= 0.6 is 22.9 Å². The third kappa shape index (κ3) is 3.90. The molecule has 166 valence electrons. The van der Waals surface area contributed by atoms with Crippen LogP contribution in [0.15, 0.2) is 18.2 Å². The number of rotatable bonds is 7. The maximum absolute atomic E-state index is 13.1. The van der Waals surface area contributed by atoms with E-state index in [1.165, 1.54) is 35.4 Å². The largest absolute Gasteiger partial charge is 0.331 e. The minimum Gasteiger partial charge on any atom is -0.331 e. The number of aromatic nitrogens is 4. The molecule has 1 saturated carbocycles. The van der Waals surface area contributed by atoms with Crippen LogP contribution in [0.25, 0.3) is 0 Å². The van der Waals surface area contributed by atoms with E-state index in [1.54, 1.807) is 0 Å². The Balaban J connectivity index is 1.26. The number of ketones is 1. The van der Waals surface area contributed by atoms with E-state index in [4.69, 9.17) is 21.6 Å². The monoisotopic (exact) mass is 468 g/mol. The zero-order valence-electron chi connectivity index (χ0n) is 17.7. The highest BCUT2D eigenvalue weighted by atomic mass is 35.5. The summed E-state index contributed by atoms with van der Waals surface area (Å²) in [6.07, 6.45) is 7.68. The standard InChI is InChI=1S/C23H25ClN6OS/c24-20-9-8-14(32-20)11-19(31)18-5-2-10-30(18)23-25-16-4-1-3-15(16)22(27-23)26-21-12-17(28-29-21)13-6-7-13/h8-9,12-13,18H,1-7,10-11H2,(H2,25,26,27,28,29). The first-order valence-electron chi connectivity index (χ1n) is 11.4. The average molecular weight is 469 g/mol. The second-order valence-corrected chi connectivity index (χ2v) is 10.8. The van der Waals surface area contributed by atoms with Crippen LogP contribution in [0.1, 0.15) is 59.9 Å². The lowest BCUT2D eigenvalue weighted by atomic mass is 10.1. The number of anilines is 3. The Kier molecular flexibility index (Phi) is 5.14. The maximum Gasteiger partial charge on any atom is 0.228 e. The topological polar surface area (TPSA) is 86.8 Å². The van der Waals surface area contributed by atoms with Gasteiger partial charge in [-0.2, -0.15) is 10.1 Å². The van der Waals surface area contributed by atoms with E-state index in [1.807, 2.05) is 12.1 Å². The molecule has 9 heteroatoms. The number of aromatic amines is 1. The lowest BCUT2D eigenvalue weighted by Gasteiger charge is -2.25. The van der Waals surface area contributed by atoms with Gasteiger partial charge in [0, 0.05) is 41.1 Å². The first kappa shape index (κ1) is 20.2. The van der Waals surface area contributed by atoms with Gasteiger partial charge in [-0.25, -0.2) is 4.98 Å². The van der Waals surface area contributed by atoms with E-state index in [2.05, 4.69) is 26.5 Å². The molecular weight excluding hydrogens is 444 g/mol. The van der Waals surface area contributed by atoms with Crippen molar-refractivity contribution in [3.63, 3.8) is 0 Å². The molecule has 2 aliphatic carbocycles. The number of carbonyl (C=O) groups is 1. The minimum absolute atomic E-state index is 0.185. The minimum atomic E-state index is -0.185. The molecule has 1 aliphatic heterocycles. The van der Waals surface area contributed by atoms with Crippen LogP contribution in [0.2, 0.25) is 4.34 Å². The SMILES string of the molecule is O=C(Cc1ccc(Cl)s1)C1CCCN1c1nc2c(c(Nc3cc(C4CC4)[nH]n3)n1)CCC2. The molecule has 3 aliphatic rings. The van der Waals surface area contributed by atoms with Crippen LogP contribution < -0.4 is 10.2 Å². The van der Waals surface area contributed by atoms with Crippen molar-refractivity contribution >= 4 is 46.3 Å². The Hall–Kier alpha value is -2.45. The number of nitrogens with one attached hydrogen (secondary N) is 2. The summed E-state index contributed by atoms with van der Waals surface area (Å²) >= 11 is 7.53. The van der Waals surface area contributed by atoms with Gasteiger partial charge in [0.25, 0.3) is 0 Å². The van der Waals surface area contributed by atoms with E-state index in [-0.39, 0.29) is 11.8 Å². The van der Waals surface area contributed by atoms with Crippen molar-refractivity contribution in [2.75, 3.05) is 16.8 Å². The molecule has 0 amide bonds. The molecule has 0 radical (unpaired) electrons. The van der Waals surface area contributed by atoms with Crippen LogP contribution in [-0.2, 0) is 24.1 Å². The number of halogens is 1. The Morgan fingerprint density at radius 3 is 2.94 bits per heavy atom. The summed E-state index contributed by atoms with van der Waals surface area (Å²) in [5, 5.41) is 11.0. The van der Waals surface area contributed by atoms with Crippen LogP contribution in [0.3, 0.4) is 0 Å². The van der Waals surface area contributed by atoms with E-state index in [0.717, 1.165) is 65.2 Å². The number of H-pyrrole nitrogens is 1. The highest BCUT2D eigenvalue weighted by Crippen LogP contribution is 2.40. The lowest BCUT2D eigenvalue weighted by Crippen LogP contribution is -2.38. The quantitative estimate of drug-likeness (QED) is 0.517. The lowest BCUT2D eigenvalue weighted by molar-refractivity contribution is -0.119. The van der Waals surface area contributed by atoms with Crippen molar-refractivity contribution in [1.29, 1.82) is 0 Å². The summed E-state index contributed by atoms with van der Waals surface area (Å²) in [6.45, 7) is 0.800. The first-order chi connectivity index (χ1) is 15.6. The molecule has 1 atom stereocenters. The van der Waals surface area contributed by atoms with E-state index in [0.29, 0.717) is 18.3 Å². The highest BCUT2D eigenvalue weighted by Gasteiger charge is 2.34. The highest BCUT2D eigenvalue weighted by molar-refractivity contribution is 7.16. The Morgan fingerprint density at radius 2 is 2.12 bits per heavy atom. The van der Waals surface area contributed by atoms with Gasteiger partial charge in [0.1, 0.15) is 5.82 Å². The van der Waals surface area contributed by atoms with Gasteiger partial charge in [0.2, 0.25) is 5.95 Å². The Morgan fingerprint density at radius 1 is 1.22 bits per heavy atom. The third-order valence-corrected chi connectivity index (χ3v) is 7.87. The van der Waals surface area contributed by atoms with Crippen LogP contribution in [0, 0.1) is 0 Å². The van der Waals surface area contributed by atoms with Gasteiger partial charge in [0.05, 0.1) is 16.1 Å². The number of hydrogen-bond donors (Lipinski definition) is 2. The van der Waals surface area contributed by atoms with E-state index < -0.39 is 0 Å². The fourth-order valence-corrected chi connectivity index (χ4v) is 5.95. The normalized spacial score (nSPS) is 20.0. The predicted molar refractivity (Wildman–Crippen MR) is 126 cm³/mol. The van der Waals surface area contributed by atoms with Crippen molar-refractivity contribution in [3.05, 3.63) is 44.4 Å². The molecular formula is C23H25ClN6OS. The van der Waals surface area contributed by atoms with Gasteiger partial charge in [-0.15, -0.1) is 11.3 Å². The van der Waals surface area contributed by atoms with Crippen LogP contribution in [0.4, 0.5) is 17.6 Å². The number of Topliss-reactive ketones (excluding diaryl/α,β-unsaturated/α-hetero) is 1. The molecule has 3 aromatic rings. The summed E-state index contributed by atoms with van der Waals surface area (Å²) in [4.78, 5) is 26.0. The molecule has 1 saturated heterocycles. The van der Waals surface area contributed by atoms with Crippen molar-refractivity contribution in [1.82, 2.24) is 20.2 Å². The molecule has 2 N–H and O–H groups in total. The Bertz CT molecular complexity index is 1170. The predicted octanol–water partition coefficient (Wildman–Crippen LogP) is 4.80. The zero-order chi connectivity index (χ0) is 21.7. The molecule has 7 nitrogen and oxygen atoms in total. The van der Waals surface area contributed by atoms with Crippen molar-refractivity contribution in [3.8, 4) is 0 Å². The molecule has 2 fully saturated rings. The molecule has 0 aromatic carbocycles. The number of fused-ring (bicyclic) bond motifs is 1. The summed E-state index contributed by atoms with van der Waals surface area (Å²) < 4.78 is 0.719. The maximum atomic E-state index is 13.1. The summed E-state index contributed by atoms with van der Waals surface area (Å²) in [5.41, 5.74) is 3.47. The van der Waals surface area contributed by atoms with E-state index in [9.17, 15) is 4.79 Å². The van der Waals surface area contributed by atoms with Crippen LogP contribution in [0.5, 0.6) is 0 Å². The molecule has 1 unspecified atom stereocenters. The second kappa shape index (κ2) is 8.15. The van der Waals surface area contributed by atoms with Gasteiger partial charge in [0.15, 0.2) is 11.6 Å². The van der Waals surface area contributed by atoms with Gasteiger partial charge in [-0.1, -0.05) is 11.6 Å². The summed E-state index contributed by atoms with van der Waals surface area (Å²) in [6, 6.07) is 5.70. The van der Waals surface area contributed by atoms with Gasteiger partial charge >= 0.3 is 0 Å². The Labute approximate surface area is 195 Å².